The number of anilines is 1. The van der Waals surface area contributed by atoms with Crippen LogP contribution < -0.4 is 10.6 Å². The molecule has 2 rings (SSSR count). The van der Waals surface area contributed by atoms with Crippen LogP contribution in [0, 0.1) is 10.1 Å². The summed E-state index contributed by atoms with van der Waals surface area (Å²) in [6.07, 6.45) is 7.09. The molecule has 0 radical (unpaired) electrons. The fourth-order valence-electron chi connectivity index (χ4n) is 2.68. The van der Waals surface area contributed by atoms with Gasteiger partial charge in [0, 0.05) is 12.1 Å². The number of nitrogens with one attached hydrogen (secondary N) is 2. The van der Waals surface area contributed by atoms with E-state index in [0.29, 0.717) is 5.82 Å². The van der Waals surface area contributed by atoms with Gasteiger partial charge in [-0.2, -0.15) is 0 Å². The van der Waals surface area contributed by atoms with E-state index in [-0.39, 0.29) is 30.5 Å². The van der Waals surface area contributed by atoms with E-state index in [9.17, 15) is 14.9 Å². The molecule has 1 aromatic heterocycles. The minimum absolute atomic E-state index is 0.0586. The van der Waals surface area contributed by atoms with E-state index < -0.39 is 4.92 Å². The Bertz CT molecular complexity index is 544. The Morgan fingerprint density at radius 1 is 1.42 bits per heavy atom. The summed E-state index contributed by atoms with van der Waals surface area (Å²) in [4.78, 5) is 26.0. The van der Waals surface area contributed by atoms with Gasteiger partial charge in [0.25, 0.3) is 5.69 Å². The molecule has 1 aliphatic carbocycles. The van der Waals surface area contributed by atoms with Gasteiger partial charge in [-0.25, -0.2) is 9.78 Å². The molecule has 0 aromatic carbocycles. The van der Waals surface area contributed by atoms with Crippen LogP contribution in [0.25, 0.3) is 0 Å². The lowest BCUT2D eigenvalue weighted by molar-refractivity contribution is -0.385. The van der Waals surface area contributed by atoms with Gasteiger partial charge in [0.15, 0.2) is 0 Å². The Balaban J connectivity index is 1.76. The van der Waals surface area contributed by atoms with Crippen molar-refractivity contribution in [1.82, 2.24) is 10.3 Å². The molecule has 1 unspecified atom stereocenters. The highest BCUT2D eigenvalue weighted by atomic mass is 16.6. The van der Waals surface area contributed by atoms with Gasteiger partial charge in [-0.1, -0.05) is 26.2 Å². The van der Waals surface area contributed by atoms with Crippen LogP contribution in [0.15, 0.2) is 18.3 Å². The third kappa shape index (κ3) is 5.68. The zero-order valence-electron chi connectivity index (χ0n) is 13.9. The second-order valence-corrected chi connectivity index (χ2v) is 5.99. The Hall–Kier alpha value is -2.38. The highest BCUT2D eigenvalue weighted by Gasteiger charge is 2.17. The van der Waals surface area contributed by atoms with E-state index >= 15 is 0 Å². The molecule has 2 N–H and O–H groups in total. The lowest BCUT2D eigenvalue weighted by Crippen LogP contribution is -2.38. The summed E-state index contributed by atoms with van der Waals surface area (Å²) < 4.78 is 5.28. The summed E-state index contributed by atoms with van der Waals surface area (Å²) in [6, 6.07) is 3.05. The third-order valence-corrected chi connectivity index (χ3v) is 4.15. The molecule has 1 aromatic rings. The molecule has 0 bridgehead atoms. The number of amides is 1. The first-order valence-corrected chi connectivity index (χ1v) is 8.38. The predicted octanol–water partition coefficient (Wildman–Crippen LogP) is 3.24. The van der Waals surface area contributed by atoms with E-state index in [0.717, 1.165) is 32.1 Å². The monoisotopic (exact) mass is 336 g/mol. The van der Waals surface area contributed by atoms with E-state index in [1.165, 1.54) is 18.7 Å². The van der Waals surface area contributed by atoms with Crippen LogP contribution in [0.4, 0.5) is 16.3 Å². The Morgan fingerprint density at radius 3 is 2.75 bits per heavy atom. The maximum absolute atomic E-state index is 11.9. The van der Waals surface area contributed by atoms with Crippen LogP contribution in [0.5, 0.6) is 0 Å². The molecule has 1 fully saturated rings. The number of pyridine rings is 1. The highest BCUT2D eigenvalue weighted by Crippen LogP contribution is 2.17. The van der Waals surface area contributed by atoms with Crippen LogP contribution in [0.2, 0.25) is 0 Å². The Kier molecular flexibility index (Phi) is 6.77. The topological polar surface area (TPSA) is 106 Å². The number of nitro groups is 1. The summed E-state index contributed by atoms with van der Waals surface area (Å²) in [5.74, 6) is 0.517. The number of hydrogen-bond acceptors (Lipinski definition) is 6. The van der Waals surface area contributed by atoms with Crippen molar-refractivity contribution in [1.29, 1.82) is 0 Å². The maximum atomic E-state index is 11.9. The van der Waals surface area contributed by atoms with Crippen molar-refractivity contribution in [2.24, 2.45) is 0 Å². The molecule has 132 valence electrons. The smallest absolute Gasteiger partial charge is 0.407 e. The number of hydrogen-bond donors (Lipinski definition) is 2. The van der Waals surface area contributed by atoms with Crippen LogP contribution in [-0.4, -0.2) is 34.7 Å². The van der Waals surface area contributed by atoms with Crippen LogP contribution >= 0.6 is 0 Å². The molecule has 8 nitrogen and oxygen atoms in total. The zero-order chi connectivity index (χ0) is 17.4. The first-order chi connectivity index (χ1) is 11.6. The normalized spacial score (nSPS) is 16.2. The van der Waals surface area contributed by atoms with Crippen molar-refractivity contribution in [2.75, 3.05) is 11.9 Å². The molecule has 1 heterocycles. The molecular formula is C16H24N4O4. The number of nitrogens with zero attached hydrogens (tertiary/aromatic N) is 2. The minimum atomic E-state index is -0.493. The van der Waals surface area contributed by atoms with Crippen molar-refractivity contribution in [2.45, 2.75) is 57.5 Å². The Labute approximate surface area is 141 Å². The summed E-state index contributed by atoms with van der Waals surface area (Å²) in [7, 11) is 0. The van der Waals surface area contributed by atoms with Gasteiger partial charge in [-0.3, -0.25) is 10.1 Å². The number of rotatable bonds is 7. The van der Waals surface area contributed by atoms with Gasteiger partial charge < -0.3 is 15.4 Å². The second kappa shape index (κ2) is 9.05. The summed E-state index contributed by atoms with van der Waals surface area (Å²) in [5, 5.41) is 16.6. The zero-order valence-corrected chi connectivity index (χ0v) is 13.9. The number of aromatic nitrogens is 1. The second-order valence-electron chi connectivity index (χ2n) is 5.99. The number of carbonyl (C=O) groups excluding carboxylic acids is 1. The van der Waals surface area contributed by atoms with E-state index in [1.807, 2.05) is 6.92 Å². The van der Waals surface area contributed by atoms with Crippen molar-refractivity contribution in [3.8, 4) is 0 Å². The van der Waals surface area contributed by atoms with Crippen LogP contribution in [0.1, 0.15) is 45.4 Å². The van der Waals surface area contributed by atoms with E-state index in [2.05, 4.69) is 15.6 Å². The van der Waals surface area contributed by atoms with Gasteiger partial charge in [-0.15, -0.1) is 0 Å². The summed E-state index contributed by atoms with van der Waals surface area (Å²) in [5.41, 5.74) is -0.0586. The number of carbonyl (C=O) groups is 1. The number of ether oxygens (including phenoxy) is 1. The lowest BCUT2D eigenvalue weighted by atomic mass is 9.96. The third-order valence-electron chi connectivity index (χ3n) is 4.15. The van der Waals surface area contributed by atoms with Gasteiger partial charge >= 0.3 is 6.09 Å². The molecule has 0 spiro atoms. The van der Waals surface area contributed by atoms with E-state index in [4.69, 9.17) is 4.74 Å². The first-order valence-electron chi connectivity index (χ1n) is 8.38. The molecule has 1 saturated carbocycles. The molecule has 0 aliphatic heterocycles. The fourth-order valence-corrected chi connectivity index (χ4v) is 2.68. The number of alkyl carbamates (subject to hydrolysis) is 1. The standard InChI is InChI=1S/C16H24N4O4/c1-2-12(18-15-9-8-14(10-17-15)20(22)23)11-24-16(21)19-13-6-4-3-5-7-13/h8-10,12-13H,2-7,11H2,1H3,(H,17,18)(H,19,21). The lowest BCUT2D eigenvalue weighted by Gasteiger charge is -2.23. The predicted molar refractivity (Wildman–Crippen MR) is 89.9 cm³/mol. The molecule has 8 heteroatoms. The molecule has 24 heavy (non-hydrogen) atoms. The fraction of sp³-hybridized carbons (Fsp3) is 0.625. The first kappa shape index (κ1) is 18.0. The molecule has 1 aliphatic rings. The molecular weight excluding hydrogens is 312 g/mol. The van der Waals surface area contributed by atoms with Gasteiger partial charge in [0.1, 0.15) is 18.6 Å². The van der Waals surface area contributed by atoms with Gasteiger partial charge in [0.05, 0.1) is 11.0 Å². The quantitative estimate of drug-likeness (QED) is 0.585. The van der Waals surface area contributed by atoms with Gasteiger partial charge in [0.2, 0.25) is 0 Å². The molecule has 1 atom stereocenters. The van der Waals surface area contributed by atoms with Crippen molar-refractivity contribution in [3.63, 3.8) is 0 Å². The van der Waals surface area contributed by atoms with Gasteiger partial charge in [-0.05, 0) is 25.3 Å². The average Bonchev–Trinajstić information content (AvgIpc) is 2.60. The average molecular weight is 336 g/mol. The summed E-state index contributed by atoms with van der Waals surface area (Å²) >= 11 is 0. The minimum Gasteiger partial charge on any atom is -0.447 e. The van der Waals surface area contributed by atoms with E-state index in [1.54, 1.807) is 6.07 Å². The largest absolute Gasteiger partial charge is 0.447 e. The van der Waals surface area contributed by atoms with Crippen LogP contribution in [0.3, 0.4) is 0 Å². The van der Waals surface area contributed by atoms with Crippen molar-refractivity contribution >= 4 is 17.6 Å². The molecule has 1 amide bonds. The summed E-state index contributed by atoms with van der Waals surface area (Å²) in [6.45, 7) is 2.18. The maximum Gasteiger partial charge on any atom is 0.407 e. The molecule has 0 saturated heterocycles. The van der Waals surface area contributed by atoms with Crippen molar-refractivity contribution in [3.05, 3.63) is 28.4 Å². The highest BCUT2D eigenvalue weighted by molar-refractivity contribution is 5.67. The van der Waals surface area contributed by atoms with Crippen molar-refractivity contribution < 1.29 is 14.5 Å². The van der Waals surface area contributed by atoms with Crippen LogP contribution in [-0.2, 0) is 4.74 Å². The Morgan fingerprint density at radius 2 is 2.17 bits per heavy atom. The SMILES string of the molecule is CCC(COC(=O)NC1CCCCC1)Nc1ccc([N+](=O)[O-])cn1.